The average molecular weight is 407 g/mol. The highest BCUT2D eigenvalue weighted by molar-refractivity contribution is 7.99. The van der Waals surface area contributed by atoms with Gasteiger partial charge in [-0.05, 0) is 54.1 Å². The van der Waals surface area contributed by atoms with Gasteiger partial charge in [-0.3, -0.25) is 4.72 Å². The van der Waals surface area contributed by atoms with Gasteiger partial charge in [-0.1, -0.05) is 6.92 Å². The second-order valence-corrected chi connectivity index (χ2v) is 7.82. The quantitative estimate of drug-likeness (QED) is 0.313. The number of hydrogen-bond donors (Lipinski definition) is 2. The van der Waals surface area contributed by atoms with E-state index in [0.29, 0.717) is 5.75 Å². The minimum absolute atomic E-state index is 0.266. The van der Waals surface area contributed by atoms with Crippen LogP contribution < -0.4 is 14.4 Å². The van der Waals surface area contributed by atoms with Gasteiger partial charge in [-0.2, -0.15) is 0 Å². The molecule has 0 aromatic heterocycles. The van der Waals surface area contributed by atoms with Crippen molar-refractivity contribution < 1.29 is 19.0 Å². The fourth-order valence-electron chi connectivity index (χ4n) is 2.65. The summed E-state index contributed by atoms with van der Waals surface area (Å²) >= 11 is 3.11. The fraction of sp³-hybridized carbons (Fsp3) is 0.211. The third-order valence-corrected chi connectivity index (χ3v) is 5.59. The first-order chi connectivity index (χ1) is 13.1. The molecule has 0 bridgehead atoms. The average Bonchev–Trinajstić information content (AvgIpc) is 2.84. The van der Waals surface area contributed by atoms with Crippen LogP contribution in [0.1, 0.15) is 6.92 Å². The molecule has 0 aliphatic carbocycles. The van der Waals surface area contributed by atoms with Crippen molar-refractivity contribution in [2.45, 2.75) is 16.7 Å². The predicted octanol–water partition coefficient (Wildman–Crippen LogP) is 4.66. The molecule has 5 nitrogen and oxygen atoms in total. The lowest BCUT2D eigenvalue weighted by Gasteiger charge is -2.25. The third-order valence-electron chi connectivity index (χ3n) is 3.78. The van der Waals surface area contributed by atoms with Gasteiger partial charge in [0.2, 0.25) is 0 Å². The molecule has 0 amide bonds. The molecule has 2 N–H and O–H groups in total. The molecule has 8 heteroatoms. The summed E-state index contributed by atoms with van der Waals surface area (Å²) < 4.78 is 22.2. The van der Waals surface area contributed by atoms with Gasteiger partial charge in [0, 0.05) is 18.8 Å². The van der Waals surface area contributed by atoms with Gasteiger partial charge >= 0.3 is 5.97 Å². The van der Waals surface area contributed by atoms with Crippen LogP contribution >= 0.6 is 23.7 Å². The summed E-state index contributed by atoms with van der Waals surface area (Å²) in [7, 11) is 0. The predicted molar refractivity (Wildman–Crippen MR) is 108 cm³/mol. The molecular formula is C19H19FN2O3S2. The van der Waals surface area contributed by atoms with Gasteiger partial charge in [0.1, 0.15) is 11.6 Å². The van der Waals surface area contributed by atoms with Crippen molar-refractivity contribution in [1.82, 2.24) is 4.72 Å². The minimum Gasteiger partial charge on any atom is -0.478 e. The summed E-state index contributed by atoms with van der Waals surface area (Å²) in [5, 5.41) is 8.75. The van der Waals surface area contributed by atoms with E-state index in [1.54, 1.807) is 23.9 Å². The van der Waals surface area contributed by atoms with E-state index < -0.39 is 5.97 Å². The lowest BCUT2D eigenvalue weighted by Crippen LogP contribution is -2.23. The van der Waals surface area contributed by atoms with Gasteiger partial charge in [0.15, 0.2) is 0 Å². The van der Waals surface area contributed by atoms with E-state index in [-0.39, 0.29) is 5.82 Å². The molecule has 0 saturated heterocycles. The highest BCUT2D eigenvalue weighted by Crippen LogP contribution is 2.43. The lowest BCUT2D eigenvalue weighted by atomic mass is 10.2. The van der Waals surface area contributed by atoms with Crippen molar-refractivity contribution in [2.24, 2.45) is 0 Å². The number of rotatable bonds is 6. The van der Waals surface area contributed by atoms with E-state index in [2.05, 4.69) is 9.62 Å². The van der Waals surface area contributed by atoms with Crippen LogP contribution in [0.3, 0.4) is 0 Å². The normalized spacial score (nSPS) is 14.1. The first-order valence-electron chi connectivity index (χ1n) is 8.38. The van der Waals surface area contributed by atoms with Gasteiger partial charge in [0.25, 0.3) is 0 Å². The number of benzene rings is 2. The van der Waals surface area contributed by atoms with E-state index >= 15 is 0 Å². The number of carboxylic acids is 1. The monoisotopic (exact) mass is 406 g/mol. The number of ether oxygens (including phenoxy) is 1. The Morgan fingerprint density at radius 1 is 1.41 bits per heavy atom. The van der Waals surface area contributed by atoms with Crippen LogP contribution in [-0.4, -0.2) is 29.9 Å². The molecule has 2 aromatic rings. The summed E-state index contributed by atoms with van der Waals surface area (Å²) in [5.41, 5.74) is 1.91. The van der Waals surface area contributed by atoms with Gasteiger partial charge in [-0.15, -0.1) is 11.8 Å². The Hall–Kier alpha value is -2.16. The van der Waals surface area contributed by atoms with E-state index in [4.69, 9.17) is 9.84 Å². The summed E-state index contributed by atoms with van der Waals surface area (Å²) in [6.07, 6.45) is 2.14. The number of nitrogens with one attached hydrogen (secondary N) is 1. The largest absolute Gasteiger partial charge is 0.478 e. The summed E-state index contributed by atoms with van der Waals surface area (Å²) in [6, 6.07) is 10.4. The number of anilines is 2. The van der Waals surface area contributed by atoms with Gasteiger partial charge in [-0.25, -0.2) is 9.18 Å². The Balaban J connectivity index is 2.01. The van der Waals surface area contributed by atoms with Crippen molar-refractivity contribution in [3.63, 3.8) is 0 Å². The number of carboxylic acid groups (broad SMARTS) is 1. The van der Waals surface area contributed by atoms with Crippen molar-refractivity contribution in [3.05, 3.63) is 54.6 Å². The first kappa shape index (κ1) is 19.6. The van der Waals surface area contributed by atoms with Crippen LogP contribution in [-0.2, 0) is 4.79 Å². The molecule has 2 aromatic carbocycles. The van der Waals surface area contributed by atoms with Crippen LogP contribution in [0.4, 0.5) is 15.8 Å². The molecular weight excluding hydrogens is 387 g/mol. The molecule has 3 rings (SSSR count). The Bertz CT molecular complexity index is 844. The van der Waals surface area contributed by atoms with E-state index in [1.165, 1.54) is 30.3 Å². The number of hydrogen-bond acceptors (Lipinski definition) is 6. The van der Waals surface area contributed by atoms with E-state index in [0.717, 1.165) is 46.1 Å². The molecule has 0 unspecified atom stereocenters. The molecule has 142 valence electrons. The maximum atomic E-state index is 13.3. The maximum absolute atomic E-state index is 13.3. The van der Waals surface area contributed by atoms with Crippen LogP contribution in [0.15, 0.2) is 58.5 Å². The molecule has 0 saturated carbocycles. The number of nitrogens with zero attached hydrogens (tertiary/aromatic N) is 1. The number of fused-ring (bicyclic) bond motifs is 1. The molecule has 27 heavy (non-hydrogen) atoms. The summed E-state index contributed by atoms with van der Waals surface area (Å²) in [4.78, 5) is 14.7. The number of carbonyl (C=O) groups is 1. The SMILES string of the molecule is CCSc1cc2c(cc1O/C=C/C(=O)O)SNCCN2c1ccc(F)cc1. The van der Waals surface area contributed by atoms with Crippen LogP contribution in [0.2, 0.25) is 0 Å². The Kier molecular flexibility index (Phi) is 6.65. The second kappa shape index (κ2) is 9.16. The highest BCUT2D eigenvalue weighted by atomic mass is 32.2. The second-order valence-electron chi connectivity index (χ2n) is 5.58. The van der Waals surface area contributed by atoms with Crippen LogP contribution in [0, 0.1) is 5.82 Å². The molecule has 0 radical (unpaired) electrons. The molecule has 0 spiro atoms. The third kappa shape index (κ3) is 4.97. The first-order valence-corrected chi connectivity index (χ1v) is 10.2. The van der Waals surface area contributed by atoms with Crippen molar-refractivity contribution in [2.75, 3.05) is 23.7 Å². The molecule has 1 heterocycles. The van der Waals surface area contributed by atoms with Crippen LogP contribution in [0.5, 0.6) is 5.75 Å². The maximum Gasteiger partial charge on any atom is 0.331 e. The van der Waals surface area contributed by atoms with Crippen molar-refractivity contribution >= 4 is 41.1 Å². The fourth-order valence-corrected chi connectivity index (χ4v) is 4.19. The zero-order chi connectivity index (χ0) is 19.2. The minimum atomic E-state index is -1.06. The Morgan fingerprint density at radius 3 is 2.89 bits per heavy atom. The lowest BCUT2D eigenvalue weighted by molar-refractivity contribution is -0.131. The van der Waals surface area contributed by atoms with E-state index in [9.17, 15) is 9.18 Å². The number of thioether (sulfide) groups is 1. The summed E-state index contributed by atoms with van der Waals surface area (Å²) in [5.74, 6) is 0.124. The Labute approximate surface area is 165 Å². The van der Waals surface area contributed by atoms with Gasteiger partial charge in [0.05, 0.1) is 27.8 Å². The molecule has 0 atom stereocenters. The standard InChI is InChI=1S/C19H19FN2O3S2/c1-2-26-18-11-15-17(12-16(18)25-10-7-19(23)24)27-21-8-9-22(15)14-5-3-13(20)4-6-14/h3-7,10-12,21H,2,8-9H2,1H3,(H,23,24)/b10-7+. The van der Waals surface area contributed by atoms with Crippen LogP contribution in [0.25, 0.3) is 0 Å². The summed E-state index contributed by atoms with van der Waals surface area (Å²) in [6.45, 7) is 3.53. The smallest absolute Gasteiger partial charge is 0.331 e. The topological polar surface area (TPSA) is 61.8 Å². The molecule has 1 aliphatic rings. The zero-order valence-electron chi connectivity index (χ0n) is 14.6. The van der Waals surface area contributed by atoms with Crippen molar-refractivity contribution in [1.29, 1.82) is 0 Å². The van der Waals surface area contributed by atoms with Crippen molar-refractivity contribution in [3.8, 4) is 5.75 Å². The number of aliphatic carboxylic acids is 1. The Morgan fingerprint density at radius 2 is 2.19 bits per heavy atom. The molecule has 0 fully saturated rings. The zero-order valence-corrected chi connectivity index (χ0v) is 16.3. The highest BCUT2D eigenvalue weighted by Gasteiger charge is 2.20. The molecule has 1 aliphatic heterocycles. The van der Waals surface area contributed by atoms with Gasteiger partial charge < -0.3 is 14.7 Å². The van der Waals surface area contributed by atoms with E-state index in [1.807, 2.05) is 19.1 Å². The number of halogens is 1.